The molecule has 0 saturated heterocycles. The van der Waals surface area contributed by atoms with Gasteiger partial charge in [0.05, 0.1) is 18.4 Å². The average Bonchev–Trinajstić information content (AvgIpc) is 2.28. The van der Waals surface area contributed by atoms with Crippen LogP contribution in [0.5, 0.6) is 5.75 Å². The molecule has 0 aliphatic carbocycles. The van der Waals surface area contributed by atoms with Crippen molar-refractivity contribution in [3.63, 3.8) is 0 Å². The van der Waals surface area contributed by atoms with Gasteiger partial charge in [0.15, 0.2) is 0 Å². The molecule has 4 heteroatoms. The monoisotopic (exact) mass is 250 g/mol. The van der Waals surface area contributed by atoms with Gasteiger partial charge in [-0.15, -0.1) is 0 Å². The highest BCUT2D eigenvalue weighted by Gasteiger charge is 2.22. The molecule has 1 aromatic carbocycles. The van der Waals surface area contributed by atoms with Crippen LogP contribution in [0.2, 0.25) is 0 Å². The van der Waals surface area contributed by atoms with E-state index in [2.05, 4.69) is 12.2 Å². The largest absolute Gasteiger partial charge is 0.495 e. The van der Waals surface area contributed by atoms with Crippen LogP contribution in [0.25, 0.3) is 0 Å². The zero-order valence-corrected chi connectivity index (χ0v) is 11.5. The second-order valence-corrected chi connectivity index (χ2v) is 5.01. The first-order valence-corrected chi connectivity index (χ1v) is 6.16. The summed E-state index contributed by atoms with van der Waals surface area (Å²) >= 11 is 0. The molecule has 0 aliphatic rings. The van der Waals surface area contributed by atoms with Crippen LogP contribution in [0.15, 0.2) is 18.2 Å². The average molecular weight is 250 g/mol. The van der Waals surface area contributed by atoms with Crippen molar-refractivity contribution in [2.75, 3.05) is 12.8 Å². The Hall–Kier alpha value is -1.71. The Labute approximate surface area is 109 Å². The molecule has 1 aromatic rings. The predicted molar refractivity (Wildman–Crippen MR) is 73.9 cm³/mol. The maximum Gasteiger partial charge on any atom is 0.253 e. The highest BCUT2D eigenvalue weighted by atomic mass is 16.5. The zero-order valence-electron chi connectivity index (χ0n) is 11.5. The smallest absolute Gasteiger partial charge is 0.253 e. The van der Waals surface area contributed by atoms with Gasteiger partial charge in [0.25, 0.3) is 5.91 Å². The summed E-state index contributed by atoms with van der Waals surface area (Å²) < 4.78 is 5.11. The number of carbonyl (C=O) groups excluding carboxylic acids is 1. The summed E-state index contributed by atoms with van der Waals surface area (Å²) in [6, 6.07) is 5.20. The minimum Gasteiger partial charge on any atom is -0.495 e. The number of para-hydroxylation sites is 1. The number of anilines is 1. The van der Waals surface area contributed by atoms with Crippen molar-refractivity contribution in [3.8, 4) is 5.75 Å². The molecule has 18 heavy (non-hydrogen) atoms. The number of benzene rings is 1. The third-order valence-corrected chi connectivity index (χ3v) is 2.86. The number of methoxy groups -OCH3 is 1. The first-order valence-electron chi connectivity index (χ1n) is 6.16. The minimum atomic E-state index is -0.235. The summed E-state index contributed by atoms with van der Waals surface area (Å²) in [6.45, 7) is 6.10. The number of hydrogen-bond acceptors (Lipinski definition) is 3. The van der Waals surface area contributed by atoms with Crippen molar-refractivity contribution in [1.29, 1.82) is 0 Å². The molecule has 0 spiro atoms. The van der Waals surface area contributed by atoms with Crippen molar-refractivity contribution in [2.45, 2.75) is 39.2 Å². The van der Waals surface area contributed by atoms with Gasteiger partial charge in [-0.2, -0.15) is 0 Å². The van der Waals surface area contributed by atoms with E-state index in [0.29, 0.717) is 17.0 Å². The zero-order chi connectivity index (χ0) is 13.8. The van der Waals surface area contributed by atoms with Crippen LogP contribution in [0.3, 0.4) is 0 Å². The van der Waals surface area contributed by atoms with Crippen LogP contribution in [0.4, 0.5) is 5.69 Å². The van der Waals surface area contributed by atoms with Gasteiger partial charge in [0.1, 0.15) is 5.75 Å². The van der Waals surface area contributed by atoms with Crippen molar-refractivity contribution in [2.24, 2.45) is 0 Å². The van der Waals surface area contributed by atoms with Gasteiger partial charge in [-0.1, -0.05) is 19.4 Å². The van der Waals surface area contributed by atoms with Crippen molar-refractivity contribution in [1.82, 2.24) is 5.32 Å². The van der Waals surface area contributed by atoms with E-state index in [1.807, 2.05) is 13.8 Å². The van der Waals surface area contributed by atoms with E-state index in [1.54, 1.807) is 18.2 Å². The van der Waals surface area contributed by atoms with Gasteiger partial charge in [-0.05, 0) is 32.4 Å². The molecule has 0 radical (unpaired) electrons. The van der Waals surface area contributed by atoms with E-state index in [1.165, 1.54) is 7.11 Å². The van der Waals surface area contributed by atoms with Crippen molar-refractivity contribution in [3.05, 3.63) is 23.8 Å². The molecule has 0 heterocycles. The van der Waals surface area contributed by atoms with E-state index in [9.17, 15) is 4.79 Å². The molecule has 4 nitrogen and oxygen atoms in total. The van der Waals surface area contributed by atoms with Crippen LogP contribution in [0, 0.1) is 0 Å². The highest BCUT2D eigenvalue weighted by Crippen LogP contribution is 2.25. The predicted octanol–water partition coefficient (Wildman–Crippen LogP) is 2.59. The first kappa shape index (κ1) is 14.4. The molecule has 0 aromatic heterocycles. The molecular formula is C14H22N2O2. The van der Waals surface area contributed by atoms with E-state index in [0.717, 1.165) is 12.8 Å². The molecule has 3 N–H and O–H groups in total. The van der Waals surface area contributed by atoms with Crippen LogP contribution in [0.1, 0.15) is 44.0 Å². The summed E-state index contributed by atoms with van der Waals surface area (Å²) in [4.78, 5) is 12.2. The van der Waals surface area contributed by atoms with Gasteiger partial charge < -0.3 is 15.8 Å². The number of nitrogens with two attached hydrogens (primary N) is 1. The molecule has 0 atom stereocenters. The summed E-state index contributed by atoms with van der Waals surface area (Å²) in [6.07, 6.45) is 1.93. The Morgan fingerprint density at radius 2 is 2.11 bits per heavy atom. The molecule has 0 unspecified atom stereocenters. The summed E-state index contributed by atoms with van der Waals surface area (Å²) in [7, 11) is 1.54. The maximum atomic E-state index is 12.2. The van der Waals surface area contributed by atoms with Crippen LogP contribution in [-0.2, 0) is 0 Å². The second kappa shape index (κ2) is 5.76. The number of nitrogen functional groups attached to an aromatic ring is 1. The fourth-order valence-electron chi connectivity index (χ4n) is 1.98. The second-order valence-electron chi connectivity index (χ2n) is 5.01. The molecule has 0 bridgehead atoms. The lowest BCUT2D eigenvalue weighted by Crippen LogP contribution is -2.43. The third kappa shape index (κ3) is 3.39. The number of nitrogens with one attached hydrogen (secondary N) is 1. The van der Waals surface area contributed by atoms with Crippen LogP contribution in [-0.4, -0.2) is 18.6 Å². The Bertz CT molecular complexity index is 428. The lowest BCUT2D eigenvalue weighted by molar-refractivity contribution is 0.0909. The maximum absolute atomic E-state index is 12.2. The summed E-state index contributed by atoms with van der Waals surface area (Å²) in [5.41, 5.74) is 6.50. The topological polar surface area (TPSA) is 64.3 Å². The van der Waals surface area contributed by atoms with Crippen LogP contribution < -0.4 is 15.8 Å². The van der Waals surface area contributed by atoms with Gasteiger partial charge in [-0.25, -0.2) is 0 Å². The molecule has 1 amide bonds. The quantitative estimate of drug-likeness (QED) is 0.789. The normalized spacial score (nSPS) is 11.1. The highest BCUT2D eigenvalue weighted by molar-refractivity contribution is 6.00. The van der Waals surface area contributed by atoms with E-state index < -0.39 is 0 Å². The Morgan fingerprint density at radius 1 is 1.44 bits per heavy atom. The minimum absolute atomic E-state index is 0.162. The lowest BCUT2D eigenvalue weighted by atomic mass is 9.98. The number of hydrogen-bond donors (Lipinski definition) is 2. The van der Waals surface area contributed by atoms with E-state index >= 15 is 0 Å². The standard InChI is InChI=1S/C14H22N2O2/c1-5-9-14(2,3)16-13(17)10-7-6-8-11(18-4)12(10)15/h6-8H,5,9,15H2,1-4H3,(H,16,17). The van der Waals surface area contributed by atoms with Gasteiger partial charge in [0, 0.05) is 5.54 Å². The number of amides is 1. The van der Waals surface area contributed by atoms with E-state index in [4.69, 9.17) is 10.5 Å². The van der Waals surface area contributed by atoms with Crippen molar-refractivity contribution >= 4 is 11.6 Å². The molecule has 100 valence electrons. The number of ether oxygens (including phenoxy) is 1. The van der Waals surface area contributed by atoms with Gasteiger partial charge in [-0.3, -0.25) is 4.79 Å². The van der Waals surface area contributed by atoms with Crippen LogP contribution >= 0.6 is 0 Å². The third-order valence-electron chi connectivity index (χ3n) is 2.86. The van der Waals surface area contributed by atoms with Gasteiger partial charge >= 0.3 is 0 Å². The fourth-order valence-corrected chi connectivity index (χ4v) is 1.98. The molecular weight excluding hydrogens is 228 g/mol. The van der Waals surface area contributed by atoms with Crippen molar-refractivity contribution < 1.29 is 9.53 Å². The Kier molecular flexibility index (Phi) is 4.59. The lowest BCUT2D eigenvalue weighted by Gasteiger charge is -2.26. The molecule has 0 fully saturated rings. The number of carbonyl (C=O) groups is 1. The Morgan fingerprint density at radius 3 is 2.67 bits per heavy atom. The molecule has 1 rings (SSSR count). The molecule has 0 aliphatic heterocycles. The summed E-state index contributed by atoms with van der Waals surface area (Å²) in [5, 5.41) is 2.99. The van der Waals surface area contributed by atoms with E-state index in [-0.39, 0.29) is 11.4 Å². The van der Waals surface area contributed by atoms with Gasteiger partial charge in [0.2, 0.25) is 0 Å². The number of rotatable bonds is 5. The summed E-state index contributed by atoms with van der Waals surface area (Å²) in [5.74, 6) is 0.362. The first-order chi connectivity index (χ1) is 8.41. The SMILES string of the molecule is CCCC(C)(C)NC(=O)c1cccc(OC)c1N. The Balaban J connectivity index is 2.91. The molecule has 0 saturated carbocycles. The fraction of sp³-hybridized carbons (Fsp3) is 0.500.